The summed E-state index contributed by atoms with van der Waals surface area (Å²) in [6.45, 7) is 9.14. The van der Waals surface area contributed by atoms with Crippen LogP contribution >= 0.6 is 0 Å². The van der Waals surface area contributed by atoms with Crippen molar-refractivity contribution < 1.29 is 14.5 Å². The van der Waals surface area contributed by atoms with E-state index in [9.17, 15) is 5.11 Å². The van der Waals surface area contributed by atoms with Gasteiger partial charge in [0.05, 0.1) is 18.3 Å². The molecule has 0 amide bonds. The van der Waals surface area contributed by atoms with Gasteiger partial charge in [-0.25, -0.2) is 4.98 Å². The first kappa shape index (κ1) is 15.0. The van der Waals surface area contributed by atoms with Crippen LogP contribution in [0, 0.1) is 6.92 Å². The maximum atomic E-state index is 10.0. The van der Waals surface area contributed by atoms with Crippen molar-refractivity contribution in [3.8, 4) is 5.88 Å². The third-order valence-electron chi connectivity index (χ3n) is 3.27. The predicted molar refractivity (Wildman–Crippen MR) is 73.8 cm³/mol. The van der Waals surface area contributed by atoms with Crippen LogP contribution in [0.25, 0.3) is 0 Å². The first-order chi connectivity index (χ1) is 8.15. The molecule has 1 aromatic rings. The van der Waals surface area contributed by atoms with E-state index in [0.29, 0.717) is 13.4 Å². The Kier molecular flexibility index (Phi) is 4.40. The van der Waals surface area contributed by atoms with Crippen molar-refractivity contribution in [2.75, 3.05) is 7.11 Å². The molecule has 0 aliphatic carbocycles. The van der Waals surface area contributed by atoms with Gasteiger partial charge in [-0.3, -0.25) is 0 Å². The van der Waals surface area contributed by atoms with Gasteiger partial charge in [0, 0.05) is 5.69 Å². The van der Waals surface area contributed by atoms with Crippen LogP contribution in [0.15, 0.2) is 12.1 Å². The highest BCUT2D eigenvalue weighted by atomic mass is 16.5. The van der Waals surface area contributed by atoms with Crippen LogP contribution in [0.4, 0.5) is 0 Å². The Morgan fingerprint density at radius 2 is 1.83 bits per heavy atom. The van der Waals surface area contributed by atoms with Crippen molar-refractivity contribution in [1.29, 1.82) is 0 Å². The highest BCUT2D eigenvalue weighted by Gasteiger charge is 2.35. The predicted octanol–water partition coefficient (Wildman–Crippen LogP) is 0.942. The number of aliphatic hydroxyl groups is 1. The molecule has 0 bridgehead atoms. The number of hydrogen-bond acceptors (Lipinski definition) is 4. The summed E-state index contributed by atoms with van der Waals surface area (Å²) in [6, 6.07) is 3.79. The molecule has 0 saturated heterocycles. The molecule has 4 nitrogen and oxygen atoms in total. The van der Waals surface area contributed by atoms with Gasteiger partial charge in [0.15, 0.2) is 0 Å². The lowest BCUT2D eigenvalue weighted by Gasteiger charge is -2.37. The third-order valence-corrected chi connectivity index (χ3v) is 3.27. The molecule has 0 radical (unpaired) electrons. The smallest absolute Gasteiger partial charge is 0.309 e. The van der Waals surface area contributed by atoms with Gasteiger partial charge in [-0.1, -0.05) is 0 Å². The highest BCUT2D eigenvalue weighted by Crippen LogP contribution is 2.24. The zero-order valence-electron chi connectivity index (χ0n) is 12.1. The minimum absolute atomic E-state index is 0.413. The van der Waals surface area contributed by atoms with E-state index in [0.717, 1.165) is 11.2 Å². The van der Waals surface area contributed by atoms with Gasteiger partial charge >= 0.3 is 7.48 Å². The lowest BCUT2D eigenvalue weighted by Crippen LogP contribution is -2.49. The summed E-state index contributed by atoms with van der Waals surface area (Å²) in [7, 11) is 2.00. The van der Waals surface area contributed by atoms with Crippen LogP contribution in [0.3, 0.4) is 0 Å². The van der Waals surface area contributed by atoms with Crippen LogP contribution in [-0.4, -0.2) is 35.9 Å². The van der Waals surface area contributed by atoms with E-state index in [2.05, 4.69) is 4.98 Å². The molecule has 18 heavy (non-hydrogen) atoms. The third kappa shape index (κ3) is 3.72. The lowest BCUT2D eigenvalue weighted by molar-refractivity contribution is -0.0893. The first-order valence-corrected chi connectivity index (χ1v) is 6.03. The van der Waals surface area contributed by atoms with E-state index in [1.165, 1.54) is 0 Å². The van der Waals surface area contributed by atoms with E-state index >= 15 is 0 Å². The maximum absolute atomic E-state index is 10.0. The number of nitrogens with zero attached hydrogens (tertiary/aromatic N) is 1. The van der Waals surface area contributed by atoms with Crippen LogP contribution < -0.4 is 10.2 Å². The van der Waals surface area contributed by atoms with Crippen LogP contribution in [0.2, 0.25) is 0 Å². The second-order valence-corrected chi connectivity index (χ2v) is 5.52. The summed E-state index contributed by atoms with van der Waals surface area (Å²) >= 11 is 0. The Morgan fingerprint density at radius 1 is 1.22 bits per heavy atom. The van der Waals surface area contributed by atoms with Crippen molar-refractivity contribution in [3.05, 3.63) is 17.8 Å². The maximum Gasteiger partial charge on any atom is 0.309 e. The molecule has 0 aliphatic heterocycles. The van der Waals surface area contributed by atoms with Gasteiger partial charge in [0.25, 0.3) is 0 Å². The second-order valence-electron chi connectivity index (χ2n) is 5.52. The number of methoxy groups -OCH3 is 1. The number of hydrogen-bond donors (Lipinski definition) is 1. The van der Waals surface area contributed by atoms with Crippen LogP contribution in [0.5, 0.6) is 5.88 Å². The molecule has 100 valence electrons. The summed E-state index contributed by atoms with van der Waals surface area (Å²) < 4.78 is 10.9. The Balaban J connectivity index is 2.78. The summed E-state index contributed by atoms with van der Waals surface area (Å²) in [5, 5.41) is 10.0. The Labute approximate surface area is 110 Å². The van der Waals surface area contributed by atoms with Gasteiger partial charge in [0.1, 0.15) is 0 Å². The fourth-order valence-corrected chi connectivity index (χ4v) is 1.34. The Morgan fingerprint density at radius 3 is 2.33 bits per heavy atom. The quantitative estimate of drug-likeness (QED) is 0.791. The van der Waals surface area contributed by atoms with Gasteiger partial charge in [-0.2, -0.15) is 0 Å². The molecule has 0 aromatic carbocycles. The highest BCUT2D eigenvalue weighted by molar-refractivity contribution is 6.47. The van der Waals surface area contributed by atoms with Crippen LogP contribution in [-0.2, 0) is 4.65 Å². The van der Waals surface area contributed by atoms with Crippen LogP contribution in [0.1, 0.15) is 33.4 Å². The molecular weight excluding hydrogens is 229 g/mol. The number of ether oxygens (including phenoxy) is 1. The number of aryl methyl sites for hydroxylation is 1. The molecule has 1 heterocycles. The zero-order chi connectivity index (χ0) is 14.0. The molecular formula is C13H22BNO3. The van der Waals surface area contributed by atoms with Gasteiger partial charge in [-0.15, -0.1) is 0 Å². The SMILES string of the molecule is COc1cc(BOC(C)(C)C(C)(C)O)cc(C)n1. The Hall–Kier alpha value is -1.07. The van der Waals surface area contributed by atoms with E-state index in [4.69, 9.17) is 9.39 Å². The molecule has 1 rings (SSSR count). The summed E-state index contributed by atoms with van der Waals surface area (Å²) in [6.07, 6.45) is 0. The topological polar surface area (TPSA) is 51.6 Å². The van der Waals surface area contributed by atoms with Crippen molar-refractivity contribution in [2.45, 2.75) is 45.8 Å². The largest absolute Gasteiger partial charge is 0.481 e. The standard InChI is InChI=1S/C13H22BNO3/c1-9-7-10(8-11(15-9)17-6)14-18-13(4,5)12(2,3)16/h7-8,14,16H,1-6H3. The van der Waals surface area contributed by atoms with Gasteiger partial charge < -0.3 is 14.5 Å². The zero-order valence-corrected chi connectivity index (χ0v) is 12.1. The minimum Gasteiger partial charge on any atom is -0.481 e. The number of aromatic nitrogens is 1. The Bertz CT molecular complexity index is 413. The molecule has 0 atom stereocenters. The molecule has 0 fully saturated rings. The van der Waals surface area contributed by atoms with Gasteiger partial charge in [0.2, 0.25) is 5.88 Å². The molecule has 0 aliphatic rings. The second kappa shape index (κ2) is 5.28. The van der Waals surface area contributed by atoms with Crippen molar-refractivity contribution in [2.24, 2.45) is 0 Å². The molecule has 0 saturated carbocycles. The van der Waals surface area contributed by atoms with Crippen molar-refractivity contribution in [1.82, 2.24) is 4.98 Å². The van der Waals surface area contributed by atoms with E-state index < -0.39 is 11.2 Å². The van der Waals surface area contributed by atoms with Crippen molar-refractivity contribution >= 4 is 12.9 Å². The normalized spacial score (nSPS) is 12.4. The fourth-order valence-electron chi connectivity index (χ4n) is 1.34. The monoisotopic (exact) mass is 251 g/mol. The van der Waals surface area contributed by atoms with E-state index in [-0.39, 0.29) is 0 Å². The average molecular weight is 251 g/mol. The molecule has 5 heteroatoms. The minimum atomic E-state index is -0.904. The molecule has 1 aromatic heterocycles. The molecule has 1 N–H and O–H groups in total. The number of pyridine rings is 1. The first-order valence-electron chi connectivity index (χ1n) is 6.03. The summed E-state index contributed by atoms with van der Waals surface area (Å²) in [5.74, 6) is 0.578. The summed E-state index contributed by atoms with van der Waals surface area (Å²) in [4.78, 5) is 4.22. The van der Waals surface area contributed by atoms with Crippen molar-refractivity contribution in [3.63, 3.8) is 0 Å². The number of rotatable bonds is 5. The van der Waals surface area contributed by atoms with E-state index in [1.54, 1.807) is 21.0 Å². The lowest BCUT2D eigenvalue weighted by atomic mass is 9.83. The van der Waals surface area contributed by atoms with Gasteiger partial charge in [-0.05, 0) is 52.2 Å². The molecule has 0 unspecified atom stereocenters. The average Bonchev–Trinajstić information content (AvgIpc) is 2.24. The fraction of sp³-hybridized carbons (Fsp3) is 0.615. The van der Waals surface area contributed by atoms with E-state index in [1.807, 2.05) is 32.9 Å². The molecule has 0 spiro atoms. The summed E-state index contributed by atoms with van der Waals surface area (Å²) in [5.41, 5.74) is 0.335.